The molecule has 0 N–H and O–H groups in total. The van der Waals surface area contributed by atoms with Gasteiger partial charge in [0.15, 0.2) is 5.65 Å². The number of fused-ring (bicyclic) bond motifs is 1. The van der Waals surface area contributed by atoms with Gasteiger partial charge in [0.2, 0.25) is 0 Å². The van der Waals surface area contributed by atoms with Crippen molar-refractivity contribution in [3.05, 3.63) is 23.4 Å². The van der Waals surface area contributed by atoms with Crippen LogP contribution >= 0.6 is 0 Å². The largest absolute Gasteiger partial charge is 0.267 e. The molecule has 4 nitrogen and oxygen atoms in total. The Morgan fingerprint density at radius 2 is 1.83 bits per heavy atom. The lowest BCUT2D eigenvalue weighted by Gasteiger charge is -2.00. The third-order valence-corrected chi connectivity index (χ3v) is 1.85. The maximum atomic E-state index is 4.32. The van der Waals surface area contributed by atoms with Crippen molar-refractivity contribution >= 4 is 5.65 Å². The molecule has 0 aliphatic rings. The molecule has 2 rings (SSSR count). The van der Waals surface area contributed by atoms with E-state index in [1.54, 1.807) is 0 Å². The van der Waals surface area contributed by atoms with Crippen LogP contribution in [0.3, 0.4) is 0 Å². The van der Waals surface area contributed by atoms with Crippen molar-refractivity contribution in [3.8, 4) is 0 Å². The summed E-state index contributed by atoms with van der Waals surface area (Å²) >= 11 is 0. The molecule has 12 heavy (non-hydrogen) atoms. The first kappa shape index (κ1) is 7.21. The highest BCUT2D eigenvalue weighted by Crippen LogP contribution is 2.06. The molecule has 0 atom stereocenters. The molecule has 0 aliphatic carbocycles. The number of hydrogen-bond donors (Lipinski definition) is 0. The molecular weight excluding hydrogens is 152 g/mol. The van der Waals surface area contributed by atoms with Crippen LogP contribution < -0.4 is 0 Å². The number of aromatic nitrogens is 4. The summed E-state index contributed by atoms with van der Waals surface area (Å²) in [4.78, 5) is 4.32. The van der Waals surface area contributed by atoms with Crippen molar-refractivity contribution in [2.75, 3.05) is 0 Å². The molecule has 0 saturated heterocycles. The number of aryl methyl sites for hydroxylation is 3. The van der Waals surface area contributed by atoms with Crippen molar-refractivity contribution < 1.29 is 0 Å². The van der Waals surface area contributed by atoms with Crippen molar-refractivity contribution in [3.63, 3.8) is 0 Å². The molecule has 2 heterocycles. The lowest BCUT2D eigenvalue weighted by molar-refractivity contribution is 0.914. The second-order valence-corrected chi connectivity index (χ2v) is 2.89. The summed E-state index contributed by atoms with van der Waals surface area (Å²) in [6.07, 6.45) is 0. The molecule has 0 aromatic carbocycles. The average Bonchev–Trinajstić information content (AvgIpc) is 2.31. The molecule has 2 aromatic rings. The lowest BCUT2D eigenvalue weighted by atomic mass is 10.4. The van der Waals surface area contributed by atoms with Crippen molar-refractivity contribution in [2.45, 2.75) is 20.8 Å². The molecule has 62 valence electrons. The molecule has 0 radical (unpaired) electrons. The normalized spacial score (nSPS) is 10.9. The van der Waals surface area contributed by atoms with Gasteiger partial charge in [-0.2, -0.15) is 0 Å². The highest BCUT2D eigenvalue weighted by molar-refractivity contribution is 5.39. The van der Waals surface area contributed by atoms with E-state index in [1.165, 1.54) is 0 Å². The first-order valence-corrected chi connectivity index (χ1v) is 3.84. The smallest absolute Gasteiger partial charge is 0.163 e. The van der Waals surface area contributed by atoms with Crippen LogP contribution in [0.5, 0.6) is 0 Å². The lowest BCUT2D eigenvalue weighted by Crippen LogP contribution is -1.98. The fraction of sp³-hybridized carbons (Fsp3) is 0.375. The van der Waals surface area contributed by atoms with Gasteiger partial charge >= 0.3 is 0 Å². The molecule has 0 fully saturated rings. The Bertz CT molecular complexity index is 430. The van der Waals surface area contributed by atoms with Gasteiger partial charge in [-0.3, -0.25) is 4.40 Å². The first-order chi connectivity index (χ1) is 5.68. The van der Waals surface area contributed by atoms with E-state index >= 15 is 0 Å². The molecule has 0 unspecified atom stereocenters. The van der Waals surface area contributed by atoms with Crippen LogP contribution in [0.2, 0.25) is 0 Å². The zero-order valence-electron chi connectivity index (χ0n) is 7.37. The van der Waals surface area contributed by atoms with Crippen LogP contribution in [0.15, 0.2) is 6.07 Å². The summed E-state index contributed by atoms with van der Waals surface area (Å²) in [5.41, 5.74) is 1.85. The molecule has 0 spiro atoms. The van der Waals surface area contributed by atoms with Crippen LogP contribution in [0.25, 0.3) is 5.65 Å². The first-order valence-electron chi connectivity index (χ1n) is 3.84. The zero-order chi connectivity index (χ0) is 8.72. The molecule has 0 amide bonds. The second kappa shape index (κ2) is 2.27. The van der Waals surface area contributed by atoms with Crippen molar-refractivity contribution in [1.29, 1.82) is 0 Å². The number of hydrogen-bond acceptors (Lipinski definition) is 3. The Morgan fingerprint density at radius 3 is 2.58 bits per heavy atom. The van der Waals surface area contributed by atoms with Gasteiger partial charge in [-0.1, -0.05) is 0 Å². The summed E-state index contributed by atoms with van der Waals surface area (Å²) in [7, 11) is 0. The van der Waals surface area contributed by atoms with Crippen LogP contribution in [0.1, 0.15) is 17.3 Å². The van der Waals surface area contributed by atoms with Gasteiger partial charge in [0.25, 0.3) is 0 Å². The predicted molar refractivity (Wildman–Crippen MR) is 45.0 cm³/mol. The van der Waals surface area contributed by atoms with Crippen LogP contribution in [0, 0.1) is 20.8 Å². The minimum atomic E-state index is 0.873. The van der Waals surface area contributed by atoms with Gasteiger partial charge in [-0.05, 0) is 20.8 Å². The standard InChI is InChI=1S/C8H10N4/c1-5-4-8-11-10-7(3)12(8)6(2)9-5/h4H,1-3H3. The maximum Gasteiger partial charge on any atom is 0.163 e. The summed E-state index contributed by atoms with van der Waals surface area (Å²) in [6, 6.07) is 1.92. The second-order valence-electron chi connectivity index (χ2n) is 2.89. The van der Waals surface area contributed by atoms with Gasteiger partial charge in [0.1, 0.15) is 11.6 Å². The van der Waals surface area contributed by atoms with E-state index < -0.39 is 0 Å². The summed E-state index contributed by atoms with van der Waals surface area (Å²) < 4.78 is 1.94. The zero-order valence-corrected chi connectivity index (χ0v) is 7.37. The monoisotopic (exact) mass is 162 g/mol. The minimum absolute atomic E-state index is 0.873. The predicted octanol–water partition coefficient (Wildman–Crippen LogP) is 1.05. The molecular formula is C8H10N4. The van der Waals surface area contributed by atoms with E-state index in [9.17, 15) is 0 Å². The topological polar surface area (TPSA) is 43.1 Å². The Labute approximate surface area is 70.3 Å². The Hall–Kier alpha value is -1.45. The van der Waals surface area contributed by atoms with Gasteiger partial charge in [0.05, 0.1) is 0 Å². The highest BCUT2D eigenvalue weighted by atomic mass is 15.3. The van der Waals surface area contributed by atoms with Gasteiger partial charge in [0, 0.05) is 11.8 Å². The van der Waals surface area contributed by atoms with Gasteiger partial charge in [-0.15, -0.1) is 10.2 Å². The number of rotatable bonds is 0. The highest BCUT2D eigenvalue weighted by Gasteiger charge is 2.03. The Balaban J connectivity index is 2.93. The van der Waals surface area contributed by atoms with Crippen LogP contribution in [-0.4, -0.2) is 19.6 Å². The van der Waals surface area contributed by atoms with Crippen LogP contribution in [-0.2, 0) is 0 Å². The summed E-state index contributed by atoms with van der Waals surface area (Å²) in [6.45, 7) is 5.83. The quantitative estimate of drug-likeness (QED) is 0.581. The maximum absolute atomic E-state index is 4.32. The van der Waals surface area contributed by atoms with E-state index in [0.717, 1.165) is 23.0 Å². The summed E-state index contributed by atoms with van der Waals surface area (Å²) in [5.74, 6) is 1.82. The molecule has 2 aromatic heterocycles. The van der Waals surface area contributed by atoms with Gasteiger partial charge < -0.3 is 0 Å². The Morgan fingerprint density at radius 1 is 1.08 bits per heavy atom. The minimum Gasteiger partial charge on any atom is -0.267 e. The van der Waals surface area contributed by atoms with E-state index in [2.05, 4.69) is 15.2 Å². The van der Waals surface area contributed by atoms with Crippen molar-refractivity contribution in [1.82, 2.24) is 19.6 Å². The SMILES string of the molecule is Cc1cc2nnc(C)n2c(C)n1. The molecule has 0 saturated carbocycles. The molecule has 0 bridgehead atoms. The fourth-order valence-electron chi connectivity index (χ4n) is 1.40. The van der Waals surface area contributed by atoms with Gasteiger partial charge in [-0.25, -0.2) is 4.98 Å². The molecule has 4 heteroatoms. The third kappa shape index (κ3) is 0.879. The van der Waals surface area contributed by atoms with E-state index in [1.807, 2.05) is 31.2 Å². The molecule has 0 aliphatic heterocycles. The van der Waals surface area contributed by atoms with E-state index in [-0.39, 0.29) is 0 Å². The average molecular weight is 162 g/mol. The van der Waals surface area contributed by atoms with E-state index in [4.69, 9.17) is 0 Å². The van der Waals surface area contributed by atoms with Crippen molar-refractivity contribution in [2.24, 2.45) is 0 Å². The van der Waals surface area contributed by atoms with E-state index in [0.29, 0.717) is 0 Å². The number of nitrogens with zero attached hydrogens (tertiary/aromatic N) is 4. The van der Waals surface area contributed by atoms with Crippen LogP contribution in [0.4, 0.5) is 0 Å². The third-order valence-electron chi connectivity index (χ3n) is 1.85. The fourth-order valence-corrected chi connectivity index (χ4v) is 1.40. The Kier molecular flexibility index (Phi) is 1.36. The summed E-state index contributed by atoms with van der Waals surface area (Å²) in [5, 5.41) is 7.98.